The summed E-state index contributed by atoms with van der Waals surface area (Å²) in [5.74, 6) is -0.970. The number of hydrogen-bond acceptors (Lipinski definition) is 4. The van der Waals surface area contributed by atoms with E-state index in [1.165, 1.54) is 37.3 Å². The topological polar surface area (TPSA) is 55.8 Å². The highest BCUT2D eigenvalue weighted by molar-refractivity contribution is 7.15. The second kappa shape index (κ2) is 12.9. The molecule has 1 aromatic heterocycles. The van der Waals surface area contributed by atoms with Crippen molar-refractivity contribution in [2.24, 2.45) is 0 Å². The number of thiophene rings is 1. The molecule has 0 saturated carbocycles. The van der Waals surface area contributed by atoms with Gasteiger partial charge in [0.25, 0.3) is 0 Å². The monoisotopic (exact) mass is 622 g/mol. The molecule has 1 atom stereocenters. The van der Waals surface area contributed by atoms with E-state index >= 15 is 0 Å². The molecule has 1 heterocycles. The van der Waals surface area contributed by atoms with E-state index in [0.29, 0.717) is 25.0 Å². The Kier molecular flexibility index (Phi) is 9.70. The molecular formula is C31H27Cl2F3O4S. The lowest BCUT2D eigenvalue weighted by Crippen LogP contribution is -2.38. The highest BCUT2D eigenvalue weighted by Crippen LogP contribution is 2.40. The van der Waals surface area contributed by atoms with Crippen LogP contribution in [0, 0.1) is 0 Å². The SMILES string of the molecule is CC(C)(Oc1ccc(CC[C@H](OCc2ccccc2)c2ccc(-c3ccc(C(F)(F)F)cc3)s2)c(Cl)c1Cl)C(=O)O. The largest absolute Gasteiger partial charge is 0.478 e. The van der Waals surface area contributed by atoms with Crippen LogP contribution in [0.3, 0.4) is 0 Å². The molecule has 0 aliphatic heterocycles. The maximum Gasteiger partial charge on any atom is 0.416 e. The molecule has 4 aromatic rings. The van der Waals surface area contributed by atoms with Crippen molar-refractivity contribution < 1.29 is 32.5 Å². The molecule has 4 nitrogen and oxygen atoms in total. The molecule has 0 unspecified atom stereocenters. The van der Waals surface area contributed by atoms with Crippen LogP contribution in [0.2, 0.25) is 10.0 Å². The Labute approximate surface area is 250 Å². The van der Waals surface area contributed by atoms with Crippen LogP contribution in [0.4, 0.5) is 13.2 Å². The molecule has 0 radical (unpaired) electrons. The molecule has 1 N–H and O–H groups in total. The van der Waals surface area contributed by atoms with Crippen molar-refractivity contribution in [3.8, 4) is 16.2 Å². The highest BCUT2D eigenvalue weighted by atomic mass is 35.5. The molecule has 3 aromatic carbocycles. The van der Waals surface area contributed by atoms with E-state index in [1.54, 1.807) is 12.1 Å². The third-order valence-corrected chi connectivity index (χ3v) is 8.55. The number of carboxylic acid groups (broad SMARTS) is 1. The van der Waals surface area contributed by atoms with E-state index in [-0.39, 0.29) is 21.9 Å². The predicted octanol–water partition coefficient (Wildman–Crippen LogP) is 9.87. The fourth-order valence-electron chi connectivity index (χ4n) is 4.03. The summed E-state index contributed by atoms with van der Waals surface area (Å²) in [6.45, 7) is 3.20. The zero-order valence-electron chi connectivity index (χ0n) is 22.2. The summed E-state index contributed by atoms with van der Waals surface area (Å²) in [4.78, 5) is 13.2. The van der Waals surface area contributed by atoms with Gasteiger partial charge in [0.05, 0.1) is 23.3 Å². The number of aryl methyl sites for hydroxylation is 1. The Hall–Kier alpha value is -3.04. The molecule has 0 spiro atoms. The van der Waals surface area contributed by atoms with E-state index in [4.69, 9.17) is 32.7 Å². The lowest BCUT2D eigenvalue weighted by atomic mass is 10.0. The molecule has 0 bridgehead atoms. The van der Waals surface area contributed by atoms with E-state index in [0.717, 1.165) is 33.0 Å². The van der Waals surface area contributed by atoms with Gasteiger partial charge >= 0.3 is 12.1 Å². The number of aliphatic carboxylic acids is 1. The van der Waals surface area contributed by atoms with Crippen LogP contribution < -0.4 is 4.74 Å². The fraction of sp³-hybridized carbons (Fsp3) is 0.258. The van der Waals surface area contributed by atoms with Crippen molar-refractivity contribution in [2.75, 3.05) is 0 Å². The van der Waals surface area contributed by atoms with E-state index < -0.39 is 23.3 Å². The molecule has 4 rings (SSSR count). The number of halogens is 5. The summed E-state index contributed by atoms with van der Waals surface area (Å²) in [5.41, 5.74) is 0.242. The molecular weight excluding hydrogens is 596 g/mol. The average Bonchev–Trinajstić information content (AvgIpc) is 3.42. The van der Waals surface area contributed by atoms with Crippen molar-refractivity contribution in [3.63, 3.8) is 0 Å². The first-order valence-corrected chi connectivity index (χ1v) is 14.2. The molecule has 10 heteroatoms. The minimum Gasteiger partial charge on any atom is -0.478 e. The standard InChI is InChI=1S/C31H27Cl2F3O4S/c1-30(2,29(37)38)40-24-15-11-21(27(32)28(24)33)10-14-23(39-18-19-6-4-3-5-7-19)26-17-16-25(41-26)20-8-12-22(13-9-20)31(34,35)36/h3-9,11-13,15-17,23H,10,14,18H2,1-2H3,(H,37,38)/t23-/m0/s1. The maximum absolute atomic E-state index is 13.0. The number of alkyl halides is 3. The first kappa shape index (κ1) is 30.9. The first-order chi connectivity index (χ1) is 19.3. The van der Waals surface area contributed by atoms with E-state index in [9.17, 15) is 23.1 Å². The van der Waals surface area contributed by atoms with Crippen LogP contribution in [-0.4, -0.2) is 16.7 Å². The van der Waals surface area contributed by atoms with Gasteiger partial charge in [-0.1, -0.05) is 71.7 Å². The molecule has 0 saturated heterocycles. The third-order valence-electron chi connectivity index (χ3n) is 6.42. The summed E-state index contributed by atoms with van der Waals surface area (Å²) in [6, 6.07) is 22.0. The van der Waals surface area contributed by atoms with Crippen LogP contribution in [0.5, 0.6) is 5.75 Å². The Morgan fingerprint density at radius 2 is 1.61 bits per heavy atom. The van der Waals surface area contributed by atoms with Crippen molar-refractivity contribution in [3.05, 3.63) is 110 Å². The minimum absolute atomic E-state index is 0.126. The molecule has 0 aliphatic carbocycles. The second-order valence-electron chi connectivity index (χ2n) is 9.87. The minimum atomic E-state index is -4.39. The van der Waals surface area contributed by atoms with Gasteiger partial charge in [0, 0.05) is 9.75 Å². The zero-order chi connectivity index (χ0) is 29.8. The summed E-state index contributed by atoms with van der Waals surface area (Å²) in [6.07, 6.45) is -3.69. The van der Waals surface area contributed by atoms with Gasteiger partial charge < -0.3 is 14.6 Å². The Morgan fingerprint density at radius 3 is 2.24 bits per heavy atom. The number of rotatable bonds is 11. The Balaban J connectivity index is 1.54. The molecule has 0 aliphatic rings. The predicted molar refractivity (Wildman–Crippen MR) is 156 cm³/mol. The van der Waals surface area contributed by atoms with E-state index in [2.05, 4.69) is 0 Å². The zero-order valence-corrected chi connectivity index (χ0v) is 24.5. The second-order valence-corrected chi connectivity index (χ2v) is 11.7. The summed E-state index contributed by atoms with van der Waals surface area (Å²) in [7, 11) is 0. The molecule has 0 amide bonds. The van der Waals surface area contributed by atoms with Gasteiger partial charge in [0.1, 0.15) is 10.8 Å². The van der Waals surface area contributed by atoms with Gasteiger partial charge in [-0.2, -0.15) is 13.2 Å². The van der Waals surface area contributed by atoms with Crippen molar-refractivity contribution in [1.82, 2.24) is 0 Å². The Bertz CT molecular complexity index is 1490. The summed E-state index contributed by atoms with van der Waals surface area (Å²) < 4.78 is 50.9. The van der Waals surface area contributed by atoms with Gasteiger partial charge in [0.2, 0.25) is 0 Å². The highest BCUT2D eigenvalue weighted by Gasteiger charge is 2.31. The van der Waals surface area contributed by atoms with Gasteiger partial charge in [-0.3, -0.25) is 0 Å². The van der Waals surface area contributed by atoms with Crippen molar-refractivity contribution in [1.29, 1.82) is 0 Å². The van der Waals surface area contributed by atoms with Crippen LogP contribution >= 0.6 is 34.5 Å². The number of hydrogen-bond donors (Lipinski definition) is 1. The molecule has 41 heavy (non-hydrogen) atoms. The maximum atomic E-state index is 13.0. The summed E-state index contributed by atoms with van der Waals surface area (Å²) >= 11 is 14.5. The summed E-state index contributed by atoms with van der Waals surface area (Å²) in [5, 5.41) is 9.76. The van der Waals surface area contributed by atoms with Crippen LogP contribution in [0.1, 0.15) is 47.9 Å². The van der Waals surface area contributed by atoms with Gasteiger partial charge in [-0.15, -0.1) is 11.3 Å². The smallest absolute Gasteiger partial charge is 0.416 e. The lowest BCUT2D eigenvalue weighted by molar-refractivity contribution is -0.152. The number of ether oxygens (including phenoxy) is 2. The Morgan fingerprint density at radius 1 is 0.927 bits per heavy atom. The average molecular weight is 624 g/mol. The van der Waals surface area contributed by atoms with E-state index in [1.807, 2.05) is 42.5 Å². The van der Waals surface area contributed by atoms with Crippen molar-refractivity contribution >= 4 is 40.5 Å². The lowest BCUT2D eigenvalue weighted by Gasteiger charge is -2.23. The third kappa shape index (κ3) is 7.83. The van der Waals surface area contributed by atoms with Gasteiger partial charge in [-0.25, -0.2) is 4.79 Å². The van der Waals surface area contributed by atoms with Crippen LogP contribution in [0.15, 0.2) is 78.9 Å². The quantitative estimate of drug-likeness (QED) is 0.181. The molecule has 0 fully saturated rings. The number of benzene rings is 3. The van der Waals surface area contributed by atoms with Gasteiger partial charge in [-0.05, 0) is 73.7 Å². The first-order valence-electron chi connectivity index (χ1n) is 12.7. The number of carbonyl (C=O) groups is 1. The molecule has 216 valence electrons. The van der Waals surface area contributed by atoms with Crippen molar-refractivity contribution in [2.45, 2.75) is 51.2 Å². The van der Waals surface area contributed by atoms with Crippen LogP contribution in [-0.2, 0) is 28.7 Å². The van der Waals surface area contributed by atoms with Crippen LogP contribution in [0.25, 0.3) is 10.4 Å². The fourth-order valence-corrected chi connectivity index (χ4v) is 5.60. The van der Waals surface area contributed by atoms with Gasteiger partial charge in [0.15, 0.2) is 5.60 Å². The normalized spacial score (nSPS) is 12.8. The number of carboxylic acids is 1.